The van der Waals surface area contributed by atoms with Crippen molar-refractivity contribution in [3.8, 4) is 11.5 Å². The molecule has 26 heavy (non-hydrogen) atoms. The van der Waals surface area contributed by atoms with Crippen molar-refractivity contribution in [1.82, 2.24) is 10.6 Å². The van der Waals surface area contributed by atoms with Crippen molar-refractivity contribution < 1.29 is 19.1 Å². The van der Waals surface area contributed by atoms with E-state index in [0.29, 0.717) is 36.4 Å². The maximum atomic E-state index is 12.1. The summed E-state index contributed by atoms with van der Waals surface area (Å²) in [4.78, 5) is 23.6. The zero-order chi connectivity index (χ0) is 18.9. The number of nitrogens with one attached hydrogen (secondary N) is 2. The van der Waals surface area contributed by atoms with E-state index in [1.165, 1.54) is 0 Å². The number of ether oxygens (including phenoxy) is 2. The lowest BCUT2D eigenvalue weighted by Crippen LogP contribution is -2.23. The molecule has 138 valence electrons. The molecule has 0 bridgehead atoms. The van der Waals surface area contributed by atoms with E-state index in [0.717, 1.165) is 11.1 Å². The van der Waals surface area contributed by atoms with Crippen LogP contribution in [0, 0.1) is 0 Å². The molecule has 6 heteroatoms. The Morgan fingerprint density at radius 2 is 1.58 bits per heavy atom. The van der Waals surface area contributed by atoms with Crippen LogP contribution in [-0.2, 0) is 17.8 Å². The molecule has 2 rings (SSSR count). The molecule has 0 saturated carbocycles. The highest BCUT2D eigenvalue weighted by atomic mass is 16.5. The van der Waals surface area contributed by atoms with E-state index in [-0.39, 0.29) is 11.8 Å². The van der Waals surface area contributed by atoms with Crippen LogP contribution in [0.25, 0.3) is 0 Å². The van der Waals surface area contributed by atoms with Crippen LogP contribution < -0.4 is 20.1 Å². The molecule has 0 heterocycles. The van der Waals surface area contributed by atoms with Crippen LogP contribution in [0.2, 0.25) is 0 Å². The Labute approximate surface area is 153 Å². The first-order chi connectivity index (χ1) is 12.6. The first-order valence-electron chi connectivity index (χ1n) is 8.36. The Morgan fingerprint density at radius 1 is 0.923 bits per heavy atom. The first-order valence-corrected chi connectivity index (χ1v) is 8.36. The SMILES string of the molecule is CNC(=O)c1ccc(CNC(=O)CCc2ccc(OC)c(OC)c2)cc1. The summed E-state index contributed by atoms with van der Waals surface area (Å²) in [6.45, 7) is 0.429. The highest BCUT2D eigenvalue weighted by molar-refractivity contribution is 5.93. The van der Waals surface area contributed by atoms with Gasteiger partial charge < -0.3 is 20.1 Å². The highest BCUT2D eigenvalue weighted by Crippen LogP contribution is 2.27. The van der Waals surface area contributed by atoms with Crippen LogP contribution in [0.3, 0.4) is 0 Å². The predicted molar refractivity (Wildman–Crippen MR) is 99.5 cm³/mol. The van der Waals surface area contributed by atoms with Gasteiger partial charge in [0.15, 0.2) is 11.5 Å². The van der Waals surface area contributed by atoms with Crippen molar-refractivity contribution in [3.63, 3.8) is 0 Å². The van der Waals surface area contributed by atoms with Crippen molar-refractivity contribution in [3.05, 3.63) is 59.2 Å². The van der Waals surface area contributed by atoms with Crippen molar-refractivity contribution in [2.45, 2.75) is 19.4 Å². The van der Waals surface area contributed by atoms with E-state index in [9.17, 15) is 9.59 Å². The third-order valence-electron chi connectivity index (χ3n) is 4.02. The lowest BCUT2D eigenvalue weighted by Gasteiger charge is -2.10. The van der Waals surface area contributed by atoms with Crippen LogP contribution in [-0.4, -0.2) is 33.1 Å². The number of hydrogen-bond acceptors (Lipinski definition) is 4. The Morgan fingerprint density at radius 3 is 2.19 bits per heavy atom. The summed E-state index contributed by atoms with van der Waals surface area (Å²) in [5, 5.41) is 5.46. The Bertz CT molecular complexity index is 757. The van der Waals surface area contributed by atoms with E-state index in [1.54, 1.807) is 33.4 Å². The van der Waals surface area contributed by atoms with Gasteiger partial charge in [0.25, 0.3) is 5.91 Å². The Hall–Kier alpha value is -3.02. The molecule has 0 spiro atoms. The molecule has 0 unspecified atom stereocenters. The van der Waals surface area contributed by atoms with Gasteiger partial charge in [0.2, 0.25) is 5.91 Å². The van der Waals surface area contributed by atoms with Crippen LogP contribution in [0.5, 0.6) is 11.5 Å². The number of rotatable bonds is 8. The van der Waals surface area contributed by atoms with Gasteiger partial charge in [-0.15, -0.1) is 0 Å². The maximum Gasteiger partial charge on any atom is 0.251 e. The van der Waals surface area contributed by atoms with Gasteiger partial charge in [0.05, 0.1) is 14.2 Å². The molecule has 2 aromatic rings. The van der Waals surface area contributed by atoms with Crippen molar-refractivity contribution in [2.75, 3.05) is 21.3 Å². The Kier molecular flexibility index (Phi) is 7.02. The van der Waals surface area contributed by atoms with Gasteiger partial charge in [-0.2, -0.15) is 0 Å². The minimum Gasteiger partial charge on any atom is -0.493 e. The summed E-state index contributed by atoms with van der Waals surface area (Å²) in [5.74, 6) is 1.16. The average molecular weight is 356 g/mol. The molecule has 0 atom stereocenters. The topological polar surface area (TPSA) is 76.7 Å². The van der Waals surface area contributed by atoms with Gasteiger partial charge in [-0.05, 0) is 41.8 Å². The molecule has 0 aliphatic carbocycles. The van der Waals surface area contributed by atoms with Gasteiger partial charge in [-0.25, -0.2) is 0 Å². The standard InChI is InChI=1S/C20H24N2O4/c1-21-20(24)16-8-4-15(5-9-16)13-22-19(23)11-7-14-6-10-17(25-2)18(12-14)26-3/h4-6,8-10,12H,7,11,13H2,1-3H3,(H,21,24)(H,22,23). The predicted octanol–water partition coefficient (Wildman–Crippen LogP) is 2.31. The van der Waals surface area contributed by atoms with Crippen molar-refractivity contribution in [2.24, 2.45) is 0 Å². The fourth-order valence-electron chi connectivity index (χ4n) is 2.50. The monoisotopic (exact) mass is 356 g/mol. The average Bonchev–Trinajstić information content (AvgIpc) is 2.70. The molecule has 0 aliphatic rings. The first kappa shape index (κ1) is 19.3. The fourth-order valence-corrected chi connectivity index (χ4v) is 2.50. The van der Waals surface area contributed by atoms with Crippen molar-refractivity contribution >= 4 is 11.8 Å². The number of carbonyl (C=O) groups is 2. The molecule has 0 fully saturated rings. The minimum atomic E-state index is -0.129. The largest absolute Gasteiger partial charge is 0.493 e. The zero-order valence-corrected chi connectivity index (χ0v) is 15.3. The van der Waals surface area contributed by atoms with E-state index < -0.39 is 0 Å². The Balaban J connectivity index is 1.83. The van der Waals surface area contributed by atoms with Gasteiger partial charge in [-0.1, -0.05) is 18.2 Å². The molecule has 0 aliphatic heterocycles. The number of methoxy groups -OCH3 is 2. The smallest absolute Gasteiger partial charge is 0.251 e. The van der Waals surface area contributed by atoms with E-state index >= 15 is 0 Å². The van der Waals surface area contributed by atoms with Gasteiger partial charge in [0, 0.05) is 25.6 Å². The second-order valence-corrected chi connectivity index (χ2v) is 5.74. The lowest BCUT2D eigenvalue weighted by molar-refractivity contribution is -0.121. The van der Waals surface area contributed by atoms with Gasteiger partial charge >= 0.3 is 0 Å². The minimum absolute atomic E-state index is 0.0323. The normalized spacial score (nSPS) is 10.1. The summed E-state index contributed by atoms with van der Waals surface area (Å²) >= 11 is 0. The molecule has 2 amide bonds. The molecule has 0 saturated heterocycles. The lowest BCUT2D eigenvalue weighted by atomic mass is 10.1. The maximum absolute atomic E-state index is 12.1. The van der Waals surface area contributed by atoms with E-state index in [1.807, 2.05) is 30.3 Å². The summed E-state index contributed by atoms with van der Waals surface area (Å²) in [6, 6.07) is 12.8. The molecule has 2 N–H and O–H groups in total. The number of amides is 2. The third kappa shape index (κ3) is 5.24. The van der Waals surface area contributed by atoms with Gasteiger partial charge in [-0.3, -0.25) is 9.59 Å². The number of hydrogen-bond donors (Lipinski definition) is 2. The third-order valence-corrected chi connectivity index (χ3v) is 4.02. The number of benzene rings is 2. The molecule has 2 aromatic carbocycles. The van der Waals surface area contributed by atoms with Crippen LogP contribution in [0.15, 0.2) is 42.5 Å². The van der Waals surface area contributed by atoms with E-state index in [2.05, 4.69) is 10.6 Å². The molecule has 0 radical (unpaired) electrons. The molecule has 0 aromatic heterocycles. The second-order valence-electron chi connectivity index (χ2n) is 5.74. The van der Waals surface area contributed by atoms with Crippen LogP contribution in [0.4, 0.5) is 0 Å². The summed E-state index contributed by atoms with van der Waals surface area (Å²) < 4.78 is 10.5. The van der Waals surface area contributed by atoms with Crippen LogP contribution in [0.1, 0.15) is 27.9 Å². The molecular formula is C20H24N2O4. The van der Waals surface area contributed by atoms with E-state index in [4.69, 9.17) is 9.47 Å². The summed E-state index contributed by atoms with van der Waals surface area (Å²) in [6.07, 6.45) is 0.994. The summed E-state index contributed by atoms with van der Waals surface area (Å²) in [7, 11) is 4.77. The zero-order valence-electron chi connectivity index (χ0n) is 15.3. The molecular weight excluding hydrogens is 332 g/mol. The number of aryl methyl sites for hydroxylation is 1. The summed E-state index contributed by atoms with van der Waals surface area (Å²) in [5.41, 5.74) is 2.54. The second kappa shape index (κ2) is 9.46. The molecule has 6 nitrogen and oxygen atoms in total. The fraction of sp³-hybridized carbons (Fsp3) is 0.300. The van der Waals surface area contributed by atoms with Crippen LogP contribution >= 0.6 is 0 Å². The quantitative estimate of drug-likeness (QED) is 0.761. The highest BCUT2D eigenvalue weighted by Gasteiger charge is 2.07. The van der Waals surface area contributed by atoms with Crippen molar-refractivity contribution in [1.29, 1.82) is 0 Å². The number of carbonyl (C=O) groups excluding carboxylic acids is 2. The van der Waals surface area contributed by atoms with Gasteiger partial charge in [0.1, 0.15) is 0 Å².